The Balaban J connectivity index is 1.87. The van der Waals surface area contributed by atoms with Crippen LogP contribution in [0.25, 0.3) is 0 Å². The summed E-state index contributed by atoms with van der Waals surface area (Å²) in [6, 6.07) is 4.04. The van der Waals surface area contributed by atoms with Gasteiger partial charge in [-0.2, -0.15) is 0 Å². The van der Waals surface area contributed by atoms with Crippen molar-refractivity contribution in [2.75, 3.05) is 0 Å². The van der Waals surface area contributed by atoms with Crippen LogP contribution < -0.4 is 0 Å². The van der Waals surface area contributed by atoms with Gasteiger partial charge >= 0.3 is 0 Å². The normalized spacial score (nSPS) is 12.8. The van der Waals surface area contributed by atoms with E-state index >= 15 is 0 Å². The Kier molecular flexibility index (Phi) is 9.23. The highest BCUT2D eigenvalue weighted by atomic mass is 32.1. The van der Waals surface area contributed by atoms with Crippen molar-refractivity contribution in [2.45, 2.75) is 77.2 Å². The molecule has 1 rings (SSSR count). The molecule has 0 saturated heterocycles. The van der Waals surface area contributed by atoms with E-state index in [-0.39, 0.29) is 6.10 Å². The molecule has 0 aliphatic heterocycles. The van der Waals surface area contributed by atoms with Gasteiger partial charge in [-0.3, -0.25) is 0 Å². The number of hydrogen-bond acceptors (Lipinski definition) is 2. The molecule has 1 atom stereocenters. The van der Waals surface area contributed by atoms with E-state index < -0.39 is 0 Å². The maximum Gasteiger partial charge on any atom is 0.0882 e. The van der Waals surface area contributed by atoms with Gasteiger partial charge in [0.1, 0.15) is 0 Å². The highest BCUT2D eigenvalue weighted by Gasteiger charge is 2.07. The van der Waals surface area contributed by atoms with Gasteiger partial charge in [0.05, 0.1) is 6.10 Å². The van der Waals surface area contributed by atoms with Crippen LogP contribution in [0.1, 0.15) is 82.1 Å². The first kappa shape index (κ1) is 15.7. The second kappa shape index (κ2) is 10.6. The van der Waals surface area contributed by atoms with Crippen LogP contribution in [0, 0.1) is 0 Å². The summed E-state index contributed by atoms with van der Waals surface area (Å²) in [5, 5.41) is 12.0. The van der Waals surface area contributed by atoms with Crippen molar-refractivity contribution < 1.29 is 5.11 Å². The molecule has 1 heterocycles. The molecule has 0 spiro atoms. The molecule has 0 radical (unpaired) electrons. The van der Waals surface area contributed by atoms with Crippen LogP contribution >= 0.6 is 11.3 Å². The van der Waals surface area contributed by atoms with Crippen molar-refractivity contribution in [3.8, 4) is 0 Å². The lowest BCUT2D eigenvalue weighted by Crippen LogP contribution is -1.94. The zero-order valence-corrected chi connectivity index (χ0v) is 12.6. The summed E-state index contributed by atoms with van der Waals surface area (Å²) < 4.78 is 0. The average Bonchev–Trinajstić information content (AvgIpc) is 2.90. The van der Waals surface area contributed by atoms with Crippen molar-refractivity contribution in [1.29, 1.82) is 0 Å². The third-order valence-corrected chi connectivity index (χ3v) is 4.43. The van der Waals surface area contributed by atoms with E-state index in [4.69, 9.17) is 0 Å². The van der Waals surface area contributed by atoms with E-state index in [1.54, 1.807) is 11.3 Å². The van der Waals surface area contributed by atoms with Gasteiger partial charge in [0, 0.05) is 4.88 Å². The number of hydrogen-bond donors (Lipinski definition) is 1. The third kappa shape index (κ3) is 7.17. The Morgan fingerprint density at radius 1 is 1.00 bits per heavy atom. The SMILES string of the molecule is CCCCCCCCCCCC(O)c1cccs1. The van der Waals surface area contributed by atoms with Crippen molar-refractivity contribution in [2.24, 2.45) is 0 Å². The fourth-order valence-electron chi connectivity index (χ4n) is 2.27. The maximum absolute atomic E-state index is 9.92. The molecule has 0 bridgehead atoms. The molecule has 18 heavy (non-hydrogen) atoms. The molecule has 0 fully saturated rings. The summed E-state index contributed by atoms with van der Waals surface area (Å²) in [6.07, 6.45) is 12.8. The summed E-state index contributed by atoms with van der Waals surface area (Å²) in [6.45, 7) is 2.26. The minimum atomic E-state index is -0.227. The predicted molar refractivity (Wildman–Crippen MR) is 81.1 cm³/mol. The number of aliphatic hydroxyl groups excluding tert-OH is 1. The summed E-state index contributed by atoms with van der Waals surface area (Å²) in [7, 11) is 0. The Morgan fingerprint density at radius 2 is 1.61 bits per heavy atom. The molecule has 104 valence electrons. The fourth-order valence-corrected chi connectivity index (χ4v) is 3.02. The highest BCUT2D eigenvalue weighted by molar-refractivity contribution is 7.10. The summed E-state index contributed by atoms with van der Waals surface area (Å²) in [5.74, 6) is 0. The number of rotatable bonds is 11. The van der Waals surface area contributed by atoms with Gasteiger partial charge in [0.2, 0.25) is 0 Å². The van der Waals surface area contributed by atoms with Crippen molar-refractivity contribution >= 4 is 11.3 Å². The van der Waals surface area contributed by atoms with Crippen LogP contribution in [0.2, 0.25) is 0 Å². The molecule has 0 amide bonds. The number of unbranched alkanes of at least 4 members (excludes halogenated alkanes) is 8. The quantitative estimate of drug-likeness (QED) is 0.510. The molecule has 1 N–H and O–H groups in total. The first-order valence-corrected chi connectivity index (χ1v) is 8.44. The Bertz CT molecular complexity index is 269. The van der Waals surface area contributed by atoms with Gasteiger partial charge in [-0.05, 0) is 17.9 Å². The van der Waals surface area contributed by atoms with Crippen molar-refractivity contribution in [3.63, 3.8) is 0 Å². The van der Waals surface area contributed by atoms with Crippen LogP contribution in [-0.4, -0.2) is 5.11 Å². The van der Waals surface area contributed by atoms with Crippen LogP contribution in [0.4, 0.5) is 0 Å². The molecule has 0 aromatic carbocycles. The smallest absolute Gasteiger partial charge is 0.0882 e. The molecular formula is C16H28OS. The Labute approximate surface area is 116 Å². The first-order chi connectivity index (χ1) is 8.84. The molecule has 1 unspecified atom stereocenters. The third-order valence-electron chi connectivity index (χ3n) is 3.45. The van der Waals surface area contributed by atoms with Gasteiger partial charge < -0.3 is 5.11 Å². The fraction of sp³-hybridized carbons (Fsp3) is 0.750. The average molecular weight is 268 g/mol. The van der Waals surface area contributed by atoms with E-state index in [2.05, 4.69) is 6.92 Å². The van der Waals surface area contributed by atoms with E-state index in [0.29, 0.717) is 0 Å². The predicted octanol–water partition coefficient (Wildman–Crippen LogP) is 5.70. The van der Waals surface area contributed by atoms with E-state index in [1.165, 1.54) is 51.4 Å². The second-order valence-corrected chi connectivity index (χ2v) is 6.13. The summed E-state index contributed by atoms with van der Waals surface area (Å²) >= 11 is 1.66. The summed E-state index contributed by atoms with van der Waals surface area (Å²) in [5.41, 5.74) is 0. The molecule has 1 nitrogen and oxygen atoms in total. The van der Waals surface area contributed by atoms with Crippen LogP contribution in [0.3, 0.4) is 0 Å². The minimum absolute atomic E-state index is 0.227. The number of thiophene rings is 1. The zero-order valence-electron chi connectivity index (χ0n) is 11.7. The van der Waals surface area contributed by atoms with E-state index in [1.807, 2.05) is 17.5 Å². The molecule has 1 aromatic rings. The lowest BCUT2D eigenvalue weighted by atomic mass is 10.0. The first-order valence-electron chi connectivity index (χ1n) is 7.56. The van der Waals surface area contributed by atoms with Crippen molar-refractivity contribution in [3.05, 3.63) is 22.4 Å². The molecule has 1 aromatic heterocycles. The lowest BCUT2D eigenvalue weighted by molar-refractivity contribution is 0.167. The van der Waals surface area contributed by atoms with Gasteiger partial charge in [-0.15, -0.1) is 11.3 Å². The monoisotopic (exact) mass is 268 g/mol. The molecule has 0 aliphatic rings. The van der Waals surface area contributed by atoms with Gasteiger partial charge in [-0.1, -0.05) is 70.8 Å². The highest BCUT2D eigenvalue weighted by Crippen LogP contribution is 2.24. The lowest BCUT2D eigenvalue weighted by Gasteiger charge is -2.07. The van der Waals surface area contributed by atoms with E-state index in [0.717, 1.165) is 17.7 Å². The maximum atomic E-state index is 9.92. The zero-order chi connectivity index (χ0) is 13.1. The number of aliphatic hydroxyl groups is 1. The minimum Gasteiger partial charge on any atom is -0.388 e. The molecule has 2 heteroatoms. The molecule has 0 saturated carbocycles. The van der Waals surface area contributed by atoms with Crippen LogP contribution in [-0.2, 0) is 0 Å². The molecular weight excluding hydrogens is 240 g/mol. The topological polar surface area (TPSA) is 20.2 Å². The molecule has 0 aliphatic carbocycles. The van der Waals surface area contributed by atoms with Crippen molar-refractivity contribution in [1.82, 2.24) is 0 Å². The van der Waals surface area contributed by atoms with E-state index in [9.17, 15) is 5.11 Å². The standard InChI is InChI=1S/C16H28OS/c1-2-3-4-5-6-7-8-9-10-12-15(17)16-13-11-14-18-16/h11,13-15,17H,2-10,12H2,1H3. The second-order valence-electron chi connectivity index (χ2n) is 5.15. The Hall–Kier alpha value is -0.340. The van der Waals surface area contributed by atoms with Crippen LogP contribution in [0.5, 0.6) is 0 Å². The van der Waals surface area contributed by atoms with Gasteiger partial charge in [0.25, 0.3) is 0 Å². The summed E-state index contributed by atoms with van der Waals surface area (Å²) in [4.78, 5) is 1.12. The van der Waals surface area contributed by atoms with Gasteiger partial charge in [-0.25, -0.2) is 0 Å². The largest absolute Gasteiger partial charge is 0.388 e. The van der Waals surface area contributed by atoms with Crippen LogP contribution in [0.15, 0.2) is 17.5 Å². The Morgan fingerprint density at radius 3 is 2.17 bits per heavy atom. The van der Waals surface area contributed by atoms with Gasteiger partial charge in [0.15, 0.2) is 0 Å².